The summed E-state index contributed by atoms with van der Waals surface area (Å²) in [5, 5.41) is 6.25. The number of halogens is 1. The van der Waals surface area contributed by atoms with E-state index < -0.39 is 0 Å². The molecule has 0 saturated carbocycles. The molecule has 0 aliphatic heterocycles. The van der Waals surface area contributed by atoms with Gasteiger partial charge in [-0.3, -0.25) is 4.99 Å². The molecule has 20 heavy (non-hydrogen) atoms. The summed E-state index contributed by atoms with van der Waals surface area (Å²) in [6.07, 6.45) is 1.16. The minimum absolute atomic E-state index is 0.208. The Morgan fingerprint density at radius 3 is 2.70 bits per heavy atom. The van der Waals surface area contributed by atoms with Gasteiger partial charge in [0, 0.05) is 32.3 Å². The van der Waals surface area contributed by atoms with E-state index in [0.29, 0.717) is 18.1 Å². The Balaban J connectivity index is 2.25. The second-order valence-corrected chi connectivity index (χ2v) is 4.72. The van der Waals surface area contributed by atoms with Crippen LogP contribution in [-0.4, -0.2) is 32.3 Å². The molecule has 0 unspecified atom stereocenters. The fourth-order valence-corrected chi connectivity index (χ4v) is 1.64. The second-order valence-electron chi connectivity index (χ2n) is 4.72. The van der Waals surface area contributed by atoms with Gasteiger partial charge >= 0.3 is 0 Å². The lowest BCUT2D eigenvalue weighted by atomic mass is 10.2. The highest BCUT2D eigenvalue weighted by Gasteiger charge is 2.02. The van der Waals surface area contributed by atoms with E-state index in [1.807, 2.05) is 19.9 Å². The molecule has 0 fully saturated rings. The summed E-state index contributed by atoms with van der Waals surface area (Å²) in [5.41, 5.74) is 0.624. The molecule has 0 aliphatic rings. The zero-order valence-electron chi connectivity index (χ0n) is 12.4. The third-order valence-corrected chi connectivity index (χ3v) is 2.69. The van der Waals surface area contributed by atoms with E-state index in [2.05, 4.69) is 15.6 Å². The summed E-state index contributed by atoms with van der Waals surface area (Å²) in [4.78, 5) is 4.10. The number of rotatable bonds is 7. The van der Waals surface area contributed by atoms with E-state index in [-0.39, 0.29) is 11.9 Å². The van der Waals surface area contributed by atoms with Gasteiger partial charge in [0.25, 0.3) is 0 Å². The average molecular weight is 281 g/mol. The number of nitrogens with one attached hydrogen (secondary N) is 2. The van der Waals surface area contributed by atoms with Crippen molar-refractivity contribution >= 4 is 5.96 Å². The van der Waals surface area contributed by atoms with E-state index in [4.69, 9.17) is 4.74 Å². The van der Waals surface area contributed by atoms with Crippen molar-refractivity contribution in [1.29, 1.82) is 0 Å². The number of nitrogens with zero attached hydrogens (tertiary/aromatic N) is 1. The first-order chi connectivity index (χ1) is 9.63. The van der Waals surface area contributed by atoms with E-state index in [1.165, 1.54) is 6.07 Å². The van der Waals surface area contributed by atoms with Crippen LogP contribution in [0.3, 0.4) is 0 Å². The maximum atomic E-state index is 13.5. The van der Waals surface area contributed by atoms with Crippen LogP contribution in [0.5, 0.6) is 0 Å². The van der Waals surface area contributed by atoms with Crippen molar-refractivity contribution in [3.8, 4) is 0 Å². The van der Waals surface area contributed by atoms with Gasteiger partial charge in [-0.05, 0) is 26.3 Å². The van der Waals surface area contributed by atoms with Gasteiger partial charge in [-0.1, -0.05) is 18.2 Å². The lowest BCUT2D eigenvalue weighted by molar-refractivity contribution is 0.0776. The Bertz CT molecular complexity index is 421. The predicted molar refractivity (Wildman–Crippen MR) is 80.3 cm³/mol. The van der Waals surface area contributed by atoms with Crippen molar-refractivity contribution < 1.29 is 9.13 Å². The van der Waals surface area contributed by atoms with Gasteiger partial charge in [-0.2, -0.15) is 0 Å². The number of guanidine groups is 1. The Morgan fingerprint density at radius 2 is 2.05 bits per heavy atom. The third kappa shape index (κ3) is 6.52. The van der Waals surface area contributed by atoms with Gasteiger partial charge in [-0.15, -0.1) is 0 Å². The Kier molecular flexibility index (Phi) is 7.65. The first kappa shape index (κ1) is 16.4. The number of hydrogen-bond acceptors (Lipinski definition) is 2. The van der Waals surface area contributed by atoms with Crippen LogP contribution in [0.25, 0.3) is 0 Å². The lowest BCUT2D eigenvalue weighted by Gasteiger charge is -2.13. The molecular weight excluding hydrogens is 257 g/mol. The zero-order chi connectivity index (χ0) is 14.8. The van der Waals surface area contributed by atoms with Crippen LogP contribution in [0, 0.1) is 5.82 Å². The minimum Gasteiger partial charge on any atom is -0.379 e. The van der Waals surface area contributed by atoms with Crippen molar-refractivity contribution in [2.24, 2.45) is 4.99 Å². The van der Waals surface area contributed by atoms with Crippen molar-refractivity contribution in [3.63, 3.8) is 0 Å². The van der Waals surface area contributed by atoms with Crippen LogP contribution < -0.4 is 10.6 Å². The average Bonchev–Trinajstić information content (AvgIpc) is 2.43. The molecule has 0 bridgehead atoms. The molecule has 1 aromatic carbocycles. The van der Waals surface area contributed by atoms with E-state index in [9.17, 15) is 4.39 Å². The monoisotopic (exact) mass is 281 g/mol. The summed E-state index contributed by atoms with van der Waals surface area (Å²) in [6, 6.07) is 6.71. The Morgan fingerprint density at radius 1 is 1.30 bits per heavy atom. The molecule has 112 valence electrons. The molecule has 5 heteroatoms. The summed E-state index contributed by atoms with van der Waals surface area (Å²) in [6.45, 7) is 5.93. The summed E-state index contributed by atoms with van der Waals surface area (Å²) < 4.78 is 18.9. The highest BCUT2D eigenvalue weighted by molar-refractivity contribution is 5.79. The normalized spacial score (nSPS) is 11.8. The Labute approximate surface area is 120 Å². The van der Waals surface area contributed by atoms with Crippen molar-refractivity contribution in [3.05, 3.63) is 35.6 Å². The maximum absolute atomic E-state index is 13.5. The van der Waals surface area contributed by atoms with Crippen LogP contribution >= 0.6 is 0 Å². The highest BCUT2D eigenvalue weighted by Crippen LogP contribution is 2.05. The number of benzene rings is 1. The third-order valence-electron chi connectivity index (χ3n) is 2.69. The fraction of sp³-hybridized carbons (Fsp3) is 0.533. The molecular formula is C15H24FN3O. The van der Waals surface area contributed by atoms with E-state index in [1.54, 1.807) is 19.2 Å². The molecule has 0 amide bonds. The molecule has 0 atom stereocenters. The minimum atomic E-state index is -0.208. The smallest absolute Gasteiger partial charge is 0.191 e. The summed E-state index contributed by atoms with van der Waals surface area (Å²) >= 11 is 0. The van der Waals surface area contributed by atoms with Gasteiger partial charge in [0.2, 0.25) is 0 Å². The number of ether oxygens (including phenoxy) is 1. The first-order valence-electron chi connectivity index (χ1n) is 6.93. The molecule has 0 heterocycles. The largest absolute Gasteiger partial charge is 0.379 e. The van der Waals surface area contributed by atoms with Gasteiger partial charge in [0.1, 0.15) is 5.82 Å². The molecule has 4 nitrogen and oxygen atoms in total. The fourth-order valence-electron chi connectivity index (χ4n) is 1.64. The highest BCUT2D eigenvalue weighted by atomic mass is 19.1. The molecule has 1 aromatic rings. The van der Waals surface area contributed by atoms with Gasteiger partial charge in [-0.25, -0.2) is 4.39 Å². The van der Waals surface area contributed by atoms with Crippen LogP contribution in [0.2, 0.25) is 0 Å². The molecule has 0 aliphatic carbocycles. The van der Waals surface area contributed by atoms with E-state index >= 15 is 0 Å². The molecule has 1 rings (SSSR count). The quantitative estimate of drug-likeness (QED) is 0.458. The van der Waals surface area contributed by atoms with E-state index in [0.717, 1.165) is 19.6 Å². The molecule has 0 saturated heterocycles. The SMILES string of the molecule is CN=C(NCCCOC(C)C)NCc1ccccc1F. The Hall–Kier alpha value is -1.62. The molecule has 0 radical (unpaired) electrons. The van der Waals surface area contributed by atoms with Crippen LogP contribution in [0.15, 0.2) is 29.3 Å². The second kappa shape index (κ2) is 9.31. The summed E-state index contributed by atoms with van der Waals surface area (Å²) in [5.74, 6) is 0.457. The van der Waals surface area contributed by atoms with Crippen LogP contribution in [0.1, 0.15) is 25.8 Å². The van der Waals surface area contributed by atoms with Crippen LogP contribution in [0.4, 0.5) is 4.39 Å². The van der Waals surface area contributed by atoms with Crippen molar-refractivity contribution in [2.45, 2.75) is 32.9 Å². The summed E-state index contributed by atoms with van der Waals surface area (Å²) in [7, 11) is 1.70. The zero-order valence-corrected chi connectivity index (χ0v) is 12.4. The lowest BCUT2D eigenvalue weighted by Crippen LogP contribution is -2.37. The molecule has 2 N–H and O–H groups in total. The van der Waals surface area contributed by atoms with Gasteiger partial charge in [0.05, 0.1) is 6.10 Å². The standard InChI is InChI=1S/C15H24FN3O/c1-12(2)20-10-6-9-18-15(17-3)19-11-13-7-4-5-8-14(13)16/h4-5,7-8,12H,6,9-11H2,1-3H3,(H2,17,18,19). The molecule has 0 aromatic heterocycles. The first-order valence-corrected chi connectivity index (χ1v) is 6.93. The number of hydrogen-bond donors (Lipinski definition) is 2. The van der Waals surface area contributed by atoms with Gasteiger partial charge < -0.3 is 15.4 Å². The van der Waals surface area contributed by atoms with Crippen molar-refractivity contribution in [2.75, 3.05) is 20.2 Å². The number of aliphatic imine (C=N–C) groups is 1. The predicted octanol–water partition coefficient (Wildman–Crippen LogP) is 2.31. The van der Waals surface area contributed by atoms with Gasteiger partial charge in [0.15, 0.2) is 5.96 Å². The maximum Gasteiger partial charge on any atom is 0.191 e. The van der Waals surface area contributed by atoms with Crippen molar-refractivity contribution in [1.82, 2.24) is 10.6 Å². The molecule has 0 spiro atoms. The van der Waals surface area contributed by atoms with Crippen LogP contribution in [-0.2, 0) is 11.3 Å². The topological polar surface area (TPSA) is 45.7 Å².